The van der Waals surface area contributed by atoms with Crippen molar-refractivity contribution in [1.82, 2.24) is 14.7 Å². The molecule has 0 saturated heterocycles. The Hall–Kier alpha value is -2.89. The highest BCUT2D eigenvalue weighted by Gasteiger charge is 2.11. The Morgan fingerprint density at radius 3 is 2.74 bits per heavy atom. The average molecular weight is 255 g/mol. The van der Waals surface area contributed by atoms with Crippen molar-refractivity contribution in [3.63, 3.8) is 0 Å². The zero-order valence-corrected chi connectivity index (χ0v) is 9.72. The van der Waals surface area contributed by atoms with E-state index in [0.717, 1.165) is 0 Å². The average Bonchev–Trinajstić information content (AvgIpc) is 3.09. The molecule has 0 aliphatic carbocycles. The Kier molecular flexibility index (Phi) is 2.60. The fraction of sp³-hybridized carbons (Fsp3) is 0. The van der Waals surface area contributed by atoms with Crippen molar-refractivity contribution in [3.8, 4) is 17.4 Å². The van der Waals surface area contributed by atoms with Crippen LogP contribution in [-0.2, 0) is 0 Å². The van der Waals surface area contributed by atoms with Crippen LogP contribution >= 0.6 is 0 Å². The van der Waals surface area contributed by atoms with Gasteiger partial charge in [0.05, 0.1) is 5.56 Å². The molecule has 0 fully saturated rings. The van der Waals surface area contributed by atoms with Gasteiger partial charge in [0.2, 0.25) is 5.82 Å². The molecule has 6 nitrogen and oxygen atoms in total. The summed E-state index contributed by atoms with van der Waals surface area (Å²) in [5.41, 5.74) is 0.784. The Labute approximate surface area is 107 Å². The first kappa shape index (κ1) is 11.2. The lowest BCUT2D eigenvalue weighted by atomic mass is 10.1. The summed E-state index contributed by atoms with van der Waals surface area (Å²) >= 11 is 0. The van der Waals surface area contributed by atoms with E-state index in [9.17, 15) is 4.79 Å². The molecule has 0 aliphatic heterocycles. The second-order valence-corrected chi connectivity index (χ2v) is 3.88. The second kappa shape index (κ2) is 4.41. The van der Waals surface area contributed by atoms with Gasteiger partial charge in [-0.15, -0.1) is 0 Å². The molecule has 0 bridgehead atoms. The predicted octanol–water partition coefficient (Wildman–Crippen LogP) is 2.23. The largest absolute Gasteiger partial charge is 0.478 e. The Bertz CT molecular complexity index is 716. The molecular weight excluding hydrogens is 246 g/mol. The van der Waals surface area contributed by atoms with Crippen molar-refractivity contribution in [2.45, 2.75) is 0 Å². The monoisotopic (exact) mass is 255 g/mol. The van der Waals surface area contributed by atoms with E-state index in [-0.39, 0.29) is 5.56 Å². The van der Waals surface area contributed by atoms with E-state index in [1.165, 1.54) is 12.1 Å². The molecule has 1 aromatic carbocycles. The third kappa shape index (κ3) is 2.11. The van der Waals surface area contributed by atoms with Crippen LogP contribution in [0.1, 0.15) is 10.4 Å². The first-order valence-electron chi connectivity index (χ1n) is 5.55. The van der Waals surface area contributed by atoms with Crippen LogP contribution in [0.15, 0.2) is 53.3 Å². The number of aromatic carboxylic acids is 1. The standard InChI is InChI=1S/C13H9N3O3/c17-12(18)10-5-3-4-9(8-10)11-14-13(19-15-11)16-6-1-2-7-16/h1-8H,(H,17,18). The summed E-state index contributed by atoms with van der Waals surface area (Å²) in [6, 6.07) is 10.4. The predicted molar refractivity (Wildman–Crippen MR) is 66.0 cm³/mol. The number of hydrogen-bond acceptors (Lipinski definition) is 4. The summed E-state index contributed by atoms with van der Waals surface area (Å²) in [6.45, 7) is 0. The van der Waals surface area contributed by atoms with Crippen molar-refractivity contribution in [2.24, 2.45) is 0 Å². The van der Waals surface area contributed by atoms with Crippen molar-refractivity contribution in [1.29, 1.82) is 0 Å². The van der Waals surface area contributed by atoms with Gasteiger partial charge in [-0.05, 0) is 24.3 Å². The van der Waals surface area contributed by atoms with E-state index in [1.54, 1.807) is 29.1 Å². The molecule has 0 saturated carbocycles. The van der Waals surface area contributed by atoms with Gasteiger partial charge >= 0.3 is 12.0 Å². The van der Waals surface area contributed by atoms with Gasteiger partial charge in [0.25, 0.3) is 0 Å². The Morgan fingerprint density at radius 1 is 1.21 bits per heavy atom. The Balaban J connectivity index is 1.99. The van der Waals surface area contributed by atoms with Crippen LogP contribution in [0, 0.1) is 0 Å². The third-order valence-electron chi connectivity index (χ3n) is 2.61. The molecule has 3 rings (SSSR count). The molecule has 0 aliphatic rings. The zero-order valence-electron chi connectivity index (χ0n) is 9.72. The molecule has 0 atom stereocenters. The minimum Gasteiger partial charge on any atom is -0.478 e. The van der Waals surface area contributed by atoms with Crippen LogP contribution < -0.4 is 0 Å². The minimum atomic E-state index is -0.990. The molecule has 2 heterocycles. The normalized spacial score (nSPS) is 10.5. The van der Waals surface area contributed by atoms with E-state index < -0.39 is 5.97 Å². The SMILES string of the molecule is O=C(O)c1cccc(-c2noc(-n3cccc3)n2)c1. The number of carboxylic acid groups (broad SMARTS) is 1. The topological polar surface area (TPSA) is 81.1 Å². The highest BCUT2D eigenvalue weighted by atomic mass is 16.5. The molecule has 0 amide bonds. The van der Waals surface area contributed by atoms with Crippen LogP contribution in [0.2, 0.25) is 0 Å². The van der Waals surface area contributed by atoms with Gasteiger partial charge in [0.15, 0.2) is 0 Å². The van der Waals surface area contributed by atoms with Crippen LogP contribution in [0.5, 0.6) is 0 Å². The summed E-state index contributed by atoms with van der Waals surface area (Å²) in [7, 11) is 0. The van der Waals surface area contributed by atoms with Crippen LogP contribution in [0.4, 0.5) is 0 Å². The van der Waals surface area contributed by atoms with Gasteiger partial charge in [-0.25, -0.2) is 4.79 Å². The lowest BCUT2D eigenvalue weighted by Crippen LogP contribution is -1.96. The first-order chi connectivity index (χ1) is 9.24. The van der Waals surface area contributed by atoms with E-state index in [0.29, 0.717) is 17.4 Å². The number of hydrogen-bond donors (Lipinski definition) is 1. The Morgan fingerprint density at radius 2 is 2.00 bits per heavy atom. The highest BCUT2D eigenvalue weighted by Crippen LogP contribution is 2.18. The molecule has 0 radical (unpaired) electrons. The molecule has 3 aromatic rings. The molecule has 6 heteroatoms. The van der Waals surface area contributed by atoms with Crippen LogP contribution in [-0.4, -0.2) is 25.8 Å². The fourth-order valence-electron chi connectivity index (χ4n) is 1.69. The van der Waals surface area contributed by atoms with Crippen molar-refractivity contribution < 1.29 is 14.4 Å². The maximum Gasteiger partial charge on any atom is 0.335 e. The number of rotatable bonds is 3. The number of carbonyl (C=O) groups is 1. The quantitative estimate of drug-likeness (QED) is 0.776. The van der Waals surface area contributed by atoms with Crippen molar-refractivity contribution in [3.05, 3.63) is 54.4 Å². The van der Waals surface area contributed by atoms with Gasteiger partial charge in [-0.2, -0.15) is 4.98 Å². The number of carboxylic acids is 1. The fourth-order valence-corrected chi connectivity index (χ4v) is 1.69. The van der Waals surface area contributed by atoms with Gasteiger partial charge in [-0.3, -0.25) is 4.57 Å². The minimum absolute atomic E-state index is 0.185. The first-order valence-corrected chi connectivity index (χ1v) is 5.55. The van der Waals surface area contributed by atoms with Crippen molar-refractivity contribution >= 4 is 5.97 Å². The van der Waals surface area contributed by atoms with E-state index in [4.69, 9.17) is 9.63 Å². The smallest absolute Gasteiger partial charge is 0.335 e. The summed E-state index contributed by atoms with van der Waals surface area (Å²) in [5, 5.41) is 12.8. The van der Waals surface area contributed by atoms with Crippen molar-refractivity contribution in [2.75, 3.05) is 0 Å². The van der Waals surface area contributed by atoms with Crippen LogP contribution in [0.25, 0.3) is 17.4 Å². The maximum atomic E-state index is 10.9. The number of benzene rings is 1. The van der Waals surface area contributed by atoms with E-state index in [2.05, 4.69) is 10.1 Å². The molecule has 19 heavy (non-hydrogen) atoms. The van der Waals surface area contributed by atoms with Gasteiger partial charge < -0.3 is 9.63 Å². The third-order valence-corrected chi connectivity index (χ3v) is 2.61. The molecule has 0 unspecified atom stereocenters. The summed E-state index contributed by atoms with van der Waals surface area (Å²) in [4.78, 5) is 15.1. The lowest BCUT2D eigenvalue weighted by molar-refractivity contribution is 0.0697. The molecule has 94 valence electrons. The van der Waals surface area contributed by atoms with E-state index >= 15 is 0 Å². The lowest BCUT2D eigenvalue weighted by Gasteiger charge is -1.96. The molecule has 0 spiro atoms. The van der Waals surface area contributed by atoms with Gasteiger partial charge in [0.1, 0.15) is 0 Å². The van der Waals surface area contributed by atoms with Gasteiger partial charge in [-0.1, -0.05) is 17.3 Å². The molecule has 1 N–H and O–H groups in total. The summed E-state index contributed by atoms with van der Waals surface area (Å²) < 4.78 is 6.80. The number of nitrogens with zero attached hydrogens (tertiary/aromatic N) is 3. The molecule has 2 aromatic heterocycles. The summed E-state index contributed by atoms with van der Waals surface area (Å²) in [6.07, 6.45) is 3.57. The highest BCUT2D eigenvalue weighted by molar-refractivity contribution is 5.89. The van der Waals surface area contributed by atoms with Gasteiger partial charge in [0, 0.05) is 18.0 Å². The van der Waals surface area contributed by atoms with E-state index in [1.807, 2.05) is 12.1 Å². The van der Waals surface area contributed by atoms with Crippen LogP contribution in [0.3, 0.4) is 0 Å². The molecular formula is C13H9N3O3. The summed E-state index contributed by atoms with van der Waals surface area (Å²) in [5.74, 6) is -0.636. The zero-order chi connectivity index (χ0) is 13.2. The second-order valence-electron chi connectivity index (χ2n) is 3.88. The maximum absolute atomic E-state index is 10.9. The number of aromatic nitrogens is 3.